The Morgan fingerprint density at radius 2 is 1.10 bits per heavy atom. The highest BCUT2D eigenvalue weighted by Gasteiger charge is 2.21. The lowest BCUT2D eigenvalue weighted by Crippen LogP contribution is -2.24. The van der Waals surface area contributed by atoms with Crippen LogP contribution < -0.4 is 5.32 Å². The molecule has 0 amide bonds. The fraction of sp³-hybridized carbons (Fsp3) is 0.462. The predicted octanol–water partition coefficient (Wildman–Crippen LogP) is 7.41. The Morgan fingerprint density at radius 1 is 0.733 bits per heavy atom. The molecule has 0 aliphatic carbocycles. The van der Waals surface area contributed by atoms with Crippen LogP contribution in [0.1, 0.15) is 101 Å². The van der Waals surface area contributed by atoms with Gasteiger partial charge in [0.05, 0.1) is 5.69 Å². The van der Waals surface area contributed by atoms with Gasteiger partial charge in [0.15, 0.2) is 0 Å². The van der Waals surface area contributed by atoms with Crippen LogP contribution in [0, 0.1) is 0 Å². The van der Waals surface area contributed by atoms with E-state index in [-0.39, 0.29) is 29.5 Å². The van der Waals surface area contributed by atoms with E-state index < -0.39 is 5.97 Å². The molecule has 2 N–H and O–H groups in total. The maximum Gasteiger partial charge on any atom is 0.371 e. The first-order valence-electron chi connectivity index (χ1n) is 10.9. The smallest absolute Gasteiger partial charge is 0.371 e. The molecule has 30 heavy (non-hydrogen) atoms. The highest BCUT2D eigenvalue weighted by molar-refractivity contribution is 6.40. The van der Waals surface area contributed by atoms with Crippen LogP contribution in [0.5, 0.6) is 0 Å². The molecule has 162 valence electrons. The van der Waals surface area contributed by atoms with Crippen molar-refractivity contribution in [2.24, 2.45) is 4.99 Å². The van der Waals surface area contributed by atoms with Gasteiger partial charge in [-0.05, 0) is 45.9 Å². The van der Waals surface area contributed by atoms with Crippen molar-refractivity contribution in [3.8, 4) is 0 Å². The highest BCUT2D eigenvalue weighted by Crippen LogP contribution is 2.36. The average Bonchev–Trinajstić information content (AvgIpc) is 2.66. The summed E-state index contributed by atoms with van der Waals surface area (Å²) in [6.07, 6.45) is 0. The van der Waals surface area contributed by atoms with E-state index >= 15 is 0 Å². The fourth-order valence-corrected chi connectivity index (χ4v) is 3.70. The SMILES string of the molecule is CC(C)c1cccc(C(C)C)c1N=C(Nc1c(C(C)C)cccc1C(C)C)C(=O)O. The Hall–Kier alpha value is -2.62. The van der Waals surface area contributed by atoms with Crippen molar-refractivity contribution in [2.45, 2.75) is 79.1 Å². The Bertz CT molecular complexity index is 872. The number of carboxylic acids is 1. The number of rotatable bonds is 6. The number of aliphatic carboxylic acids is 1. The van der Waals surface area contributed by atoms with Crippen molar-refractivity contribution in [1.82, 2.24) is 0 Å². The molecule has 0 aliphatic heterocycles. The molecule has 0 fully saturated rings. The number of nitrogens with zero attached hydrogens (tertiary/aromatic N) is 1. The number of aliphatic imine (C=N–C) groups is 1. The lowest BCUT2D eigenvalue weighted by molar-refractivity contribution is -0.129. The van der Waals surface area contributed by atoms with Crippen molar-refractivity contribution in [3.05, 3.63) is 58.7 Å². The number of anilines is 1. The van der Waals surface area contributed by atoms with Crippen LogP contribution in [0.4, 0.5) is 11.4 Å². The quantitative estimate of drug-likeness (QED) is 0.386. The number of benzene rings is 2. The van der Waals surface area contributed by atoms with Crippen LogP contribution in [-0.4, -0.2) is 16.9 Å². The third-order valence-corrected chi connectivity index (χ3v) is 5.38. The molecule has 0 atom stereocenters. The van der Waals surface area contributed by atoms with Gasteiger partial charge < -0.3 is 10.4 Å². The van der Waals surface area contributed by atoms with Crippen LogP contribution in [0.2, 0.25) is 0 Å². The molecule has 0 aliphatic rings. The molecule has 0 saturated heterocycles. The number of nitrogens with one attached hydrogen (secondary N) is 1. The maximum absolute atomic E-state index is 12.2. The van der Waals surface area contributed by atoms with Crippen LogP contribution in [-0.2, 0) is 4.79 Å². The molecule has 0 aromatic heterocycles. The van der Waals surface area contributed by atoms with Gasteiger partial charge in [-0.1, -0.05) is 91.8 Å². The Balaban J connectivity index is 2.70. The zero-order valence-electron chi connectivity index (χ0n) is 19.6. The van der Waals surface area contributed by atoms with Gasteiger partial charge in [-0.3, -0.25) is 0 Å². The van der Waals surface area contributed by atoms with Crippen LogP contribution in [0.3, 0.4) is 0 Å². The number of hydrogen-bond acceptors (Lipinski definition) is 2. The monoisotopic (exact) mass is 408 g/mol. The van der Waals surface area contributed by atoms with E-state index in [1.165, 1.54) is 0 Å². The van der Waals surface area contributed by atoms with E-state index in [2.05, 4.69) is 72.8 Å². The molecule has 2 aromatic rings. The summed E-state index contributed by atoms with van der Waals surface area (Å²) in [4.78, 5) is 16.9. The van der Waals surface area contributed by atoms with E-state index in [0.717, 1.165) is 33.6 Å². The van der Waals surface area contributed by atoms with Crippen LogP contribution in [0.25, 0.3) is 0 Å². The molecule has 0 spiro atoms. The maximum atomic E-state index is 12.2. The summed E-state index contributed by atoms with van der Waals surface area (Å²) in [5.41, 5.74) is 5.93. The van der Waals surface area contributed by atoms with Gasteiger partial charge in [-0.2, -0.15) is 0 Å². The van der Waals surface area contributed by atoms with Gasteiger partial charge in [-0.15, -0.1) is 0 Å². The third kappa shape index (κ3) is 5.29. The van der Waals surface area contributed by atoms with Crippen molar-refractivity contribution in [1.29, 1.82) is 0 Å². The van der Waals surface area contributed by atoms with E-state index in [4.69, 9.17) is 4.99 Å². The highest BCUT2D eigenvalue weighted by atomic mass is 16.4. The lowest BCUT2D eigenvalue weighted by atomic mass is 9.92. The van der Waals surface area contributed by atoms with E-state index in [9.17, 15) is 9.90 Å². The molecule has 0 heterocycles. The Morgan fingerprint density at radius 3 is 1.43 bits per heavy atom. The second kappa shape index (κ2) is 9.92. The minimum atomic E-state index is -1.06. The molecule has 0 bridgehead atoms. The first-order valence-corrected chi connectivity index (χ1v) is 10.9. The number of carboxylic acid groups (broad SMARTS) is 1. The first-order chi connectivity index (χ1) is 14.0. The second-order valence-corrected chi connectivity index (χ2v) is 9.11. The zero-order chi connectivity index (χ0) is 22.6. The Kier molecular flexibility index (Phi) is 7.83. The third-order valence-electron chi connectivity index (χ3n) is 5.38. The van der Waals surface area contributed by atoms with Gasteiger partial charge in [0.2, 0.25) is 5.84 Å². The summed E-state index contributed by atoms with van der Waals surface area (Å²) in [5.74, 6) is -0.0966. The summed E-state index contributed by atoms with van der Waals surface area (Å²) in [5, 5.41) is 13.2. The zero-order valence-corrected chi connectivity index (χ0v) is 19.6. The van der Waals surface area contributed by atoms with Gasteiger partial charge >= 0.3 is 5.97 Å². The normalized spacial score (nSPS) is 12.3. The summed E-state index contributed by atoms with van der Waals surface area (Å²) in [6, 6.07) is 12.3. The van der Waals surface area contributed by atoms with Crippen molar-refractivity contribution in [2.75, 3.05) is 5.32 Å². The number of amidine groups is 1. The summed E-state index contributed by atoms with van der Waals surface area (Å²) in [7, 11) is 0. The first kappa shape index (κ1) is 23.7. The summed E-state index contributed by atoms with van der Waals surface area (Å²) >= 11 is 0. The largest absolute Gasteiger partial charge is 0.475 e. The van der Waals surface area contributed by atoms with Gasteiger partial charge in [0.25, 0.3) is 0 Å². The fourth-order valence-electron chi connectivity index (χ4n) is 3.70. The minimum Gasteiger partial charge on any atom is -0.475 e. The topological polar surface area (TPSA) is 61.7 Å². The molecule has 4 nitrogen and oxygen atoms in total. The summed E-state index contributed by atoms with van der Waals surface area (Å²) < 4.78 is 0. The molecule has 0 saturated carbocycles. The van der Waals surface area contributed by atoms with Crippen LogP contribution in [0.15, 0.2) is 41.4 Å². The van der Waals surface area contributed by atoms with Gasteiger partial charge in [-0.25, -0.2) is 9.79 Å². The molecular formula is C26H36N2O2. The van der Waals surface area contributed by atoms with Crippen molar-refractivity contribution in [3.63, 3.8) is 0 Å². The molecule has 0 unspecified atom stereocenters. The predicted molar refractivity (Wildman–Crippen MR) is 128 cm³/mol. The summed E-state index contributed by atoms with van der Waals surface area (Å²) in [6.45, 7) is 16.9. The molecule has 4 heteroatoms. The molecular weight excluding hydrogens is 372 g/mol. The second-order valence-electron chi connectivity index (χ2n) is 9.11. The number of carbonyl (C=O) groups is 1. The van der Waals surface area contributed by atoms with E-state index in [1.54, 1.807) is 0 Å². The van der Waals surface area contributed by atoms with Crippen LogP contribution >= 0.6 is 0 Å². The molecule has 2 rings (SSSR count). The van der Waals surface area contributed by atoms with Crippen molar-refractivity contribution < 1.29 is 9.90 Å². The number of para-hydroxylation sites is 2. The lowest BCUT2D eigenvalue weighted by Gasteiger charge is -2.21. The standard InChI is InChI=1S/C26H36N2O2/c1-15(2)19-11-9-12-20(16(3)4)23(19)27-25(26(29)30)28-24-21(17(5)6)13-10-14-22(24)18(7)8/h9-18H,1-8H3,(H,27,28)(H,29,30). The van der Waals surface area contributed by atoms with E-state index in [0.29, 0.717) is 0 Å². The molecule has 0 radical (unpaired) electrons. The molecule has 2 aromatic carbocycles. The Labute approximate surface area is 181 Å². The van der Waals surface area contributed by atoms with Gasteiger partial charge in [0, 0.05) is 5.69 Å². The van der Waals surface area contributed by atoms with E-state index in [1.807, 2.05) is 24.3 Å². The van der Waals surface area contributed by atoms with Crippen molar-refractivity contribution >= 4 is 23.2 Å². The van der Waals surface area contributed by atoms with Gasteiger partial charge in [0.1, 0.15) is 0 Å². The average molecular weight is 409 g/mol. The minimum absolute atomic E-state index is 0.0417. The number of hydrogen-bond donors (Lipinski definition) is 2.